The molecule has 0 atom stereocenters. The van der Waals surface area contributed by atoms with Gasteiger partial charge >= 0.3 is 6.09 Å². The van der Waals surface area contributed by atoms with Crippen molar-refractivity contribution in [2.24, 2.45) is 17.8 Å². The Morgan fingerprint density at radius 1 is 1.50 bits per heavy atom. The number of piperidine rings is 1. The first-order chi connectivity index (χ1) is 10.6. The molecule has 1 aromatic rings. The highest BCUT2D eigenvalue weighted by Crippen LogP contribution is 2.11. The molecule has 122 valence electrons. The number of aromatic nitrogens is 1. The molecular weight excluding hydrogens is 282 g/mol. The molecule has 3 N–H and O–H groups in total. The molecule has 0 aliphatic carbocycles. The molecule has 7 heteroatoms. The first kappa shape index (κ1) is 16.2. The van der Waals surface area contributed by atoms with E-state index in [9.17, 15) is 4.79 Å². The second kappa shape index (κ2) is 7.72. The van der Waals surface area contributed by atoms with E-state index in [4.69, 9.17) is 10.5 Å². The number of nitrogens with two attached hydrogens (primary N) is 1. The van der Waals surface area contributed by atoms with Gasteiger partial charge in [0.2, 0.25) is 0 Å². The molecule has 1 amide bonds. The molecule has 0 bridgehead atoms. The number of rotatable bonds is 4. The maximum Gasteiger partial charge on any atom is 0.409 e. The number of hydrogen-bond acceptors (Lipinski definition) is 3. The second-order valence-electron chi connectivity index (χ2n) is 5.49. The minimum Gasteiger partial charge on any atom is -0.450 e. The fraction of sp³-hybridized carbons (Fsp3) is 0.600. The largest absolute Gasteiger partial charge is 0.450 e. The molecule has 0 aromatic carbocycles. The summed E-state index contributed by atoms with van der Waals surface area (Å²) in [4.78, 5) is 17.7. The van der Waals surface area contributed by atoms with Crippen LogP contribution in [0.3, 0.4) is 0 Å². The van der Waals surface area contributed by atoms with E-state index in [1.807, 2.05) is 37.0 Å². The Morgan fingerprint density at radius 3 is 2.82 bits per heavy atom. The standard InChI is InChI=1S/C15H25N5O2/c1-3-22-15(21)20-8-5-13(6-9-20)18-14(16)17-10-12-4-7-19(2)11-12/h4,7,11,13H,3,5-6,8-10H2,1-2H3,(H3,16,17,18). The van der Waals surface area contributed by atoms with E-state index >= 15 is 0 Å². The Balaban J connectivity index is 1.74. The van der Waals surface area contributed by atoms with Crippen molar-refractivity contribution in [3.05, 3.63) is 24.0 Å². The smallest absolute Gasteiger partial charge is 0.409 e. The molecule has 0 radical (unpaired) electrons. The highest BCUT2D eigenvalue weighted by molar-refractivity contribution is 5.78. The maximum absolute atomic E-state index is 11.6. The van der Waals surface area contributed by atoms with Crippen LogP contribution in [-0.2, 0) is 18.3 Å². The van der Waals surface area contributed by atoms with Crippen LogP contribution in [0.4, 0.5) is 4.79 Å². The quantitative estimate of drug-likeness (QED) is 0.643. The Hall–Kier alpha value is -2.18. The van der Waals surface area contributed by atoms with Gasteiger partial charge in [-0.1, -0.05) is 0 Å². The zero-order valence-corrected chi connectivity index (χ0v) is 13.3. The van der Waals surface area contributed by atoms with Gasteiger partial charge in [-0.2, -0.15) is 0 Å². The lowest BCUT2D eigenvalue weighted by molar-refractivity contribution is 0.0963. The van der Waals surface area contributed by atoms with Crippen molar-refractivity contribution in [2.75, 3.05) is 19.7 Å². The van der Waals surface area contributed by atoms with Gasteiger partial charge in [0.1, 0.15) is 0 Å². The van der Waals surface area contributed by atoms with Crippen molar-refractivity contribution < 1.29 is 9.53 Å². The van der Waals surface area contributed by atoms with E-state index < -0.39 is 0 Å². The minimum absolute atomic E-state index is 0.230. The molecule has 2 rings (SSSR count). The van der Waals surface area contributed by atoms with Crippen molar-refractivity contribution in [1.29, 1.82) is 0 Å². The lowest BCUT2D eigenvalue weighted by atomic mass is 10.1. The fourth-order valence-electron chi connectivity index (χ4n) is 2.51. The second-order valence-corrected chi connectivity index (χ2v) is 5.49. The Morgan fingerprint density at radius 2 is 2.23 bits per heavy atom. The van der Waals surface area contributed by atoms with Crippen LogP contribution in [0.5, 0.6) is 0 Å². The van der Waals surface area contributed by atoms with Gasteiger partial charge in [0.15, 0.2) is 5.96 Å². The van der Waals surface area contributed by atoms with Crippen LogP contribution in [0.2, 0.25) is 0 Å². The molecule has 1 aromatic heterocycles. The van der Waals surface area contributed by atoms with E-state index in [-0.39, 0.29) is 12.1 Å². The number of ether oxygens (including phenoxy) is 1. The third kappa shape index (κ3) is 4.68. The van der Waals surface area contributed by atoms with Crippen molar-refractivity contribution in [1.82, 2.24) is 14.8 Å². The van der Waals surface area contributed by atoms with Gasteiger partial charge in [-0.25, -0.2) is 9.79 Å². The average molecular weight is 307 g/mol. The minimum atomic E-state index is -0.230. The van der Waals surface area contributed by atoms with E-state index in [0.717, 1.165) is 18.4 Å². The number of aryl methyl sites for hydroxylation is 1. The number of likely N-dealkylation sites (tertiary alicyclic amines) is 1. The van der Waals surface area contributed by atoms with Crippen molar-refractivity contribution >= 4 is 12.1 Å². The molecule has 22 heavy (non-hydrogen) atoms. The number of carbonyl (C=O) groups excluding carboxylic acids is 1. The average Bonchev–Trinajstić information content (AvgIpc) is 2.92. The molecule has 7 nitrogen and oxygen atoms in total. The van der Waals surface area contributed by atoms with Crippen LogP contribution in [-0.4, -0.2) is 47.3 Å². The molecule has 0 unspecified atom stereocenters. The number of hydrogen-bond donors (Lipinski definition) is 2. The predicted molar refractivity (Wildman–Crippen MR) is 85.5 cm³/mol. The lowest BCUT2D eigenvalue weighted by Crippen LogP contribution is -2.48. The van der Waals surface area contributed by atoms with E-state index in [1.54, 1.807) is 4.90 Å². The van der Waals surface area contributed by atoms with Crippen LogP contribution in [0, 0.1) is 0 Å². The number of aliphatic imine (C=N–C) groups is 1. The van der Waals surface area contributed by atoms with Gasteiger partial charge in [-0.05, 0) is 31.4 Å². The summed E-state index contributed by atoms with van der Waals surface area (Å²) in [6.45, 7) is 4.17. The fourth-order valence-corrected chi connectivity index (χ4v) is 2.51. The summed E-state index contributed by atoms with van der Waals surface area (Å²) >= 11 is 0. The normalized spacial score (nSPS) is 16.6. The van der Waals surface area contributed by atoms with Gasteiger partial charge in [-0.15, -0.1) is 0 Å². The van der Waals surface area contributed by atoms with Crippen LogP contribution in [0.1, 0.15) is 25.3 Å². The van der Waals surface area contributed by atoms with Gasteiger partial charge in [0.05, 0.1) is 13.2 Å². The summed E-state index contributed by atoms with van der Waals surface area (Å²) < 4.78 is 6.99. The van der Waals surface area contributed by atoms with E-state index in [0.29, 0.717) is 32.2 Å². The molecule has 1 fully saturated rings. The van der Waals surface area contributed by atoms with Gasteiger partial charge in [-0.3, -0.25) is 0 Å². The summed E-state index contributed by atoms with van der Waals surface area (Å²) in [7, 11) is 1.98. The van der Waals surface area contributed by atoms with Crippen molar-refractivity contribution in [2.45, 2.75) is 32.4 Å². The van der Waals surface area contributed by atoms with Crippen LogP contribution < -0.4 is 11.1 Å². The van der Waals surface area contributed by atoms with Crippen LogP contribution in [0.15, 0.2) is 23.5 Å². The monoisotopic (exact) mass is 307 g/mol. The number of carbonyl (C=O) groups is 1. The van der Waals surface area contributed by atoms with Crippen LogP contribution in [0.25, 0.3) is 0 Å². The molecular formula is C15H25N5O2. The Bertz CT molecular complexity index is 518. The van der Waals surface area contributed by atoms with Gasteiger partial charge in [0, 0.05) is 38.6 Å². The zero-order valence-electron chi connectivity index (χ0n) is 13.3. The zero-order chi connectivity index (χ0) is 15.9. The number of nitrogens with one attached hydrogen (secondary N) is 1. The summed E-state index contributed by atoms with van der Waals surface area (Å²) in [5.74, 6) is 0.457. The molecule has 0 spiro atoms. The molecule has 0 saturated carbocycles. The molecule has 1 aliphatic heterocycles. The summed E-state index contributed by atoms with van der Waals surface area (Å²) in [6, 6.07) is 2.28. The summed E-state index contributed by atoms with van der Waals surface area (Å²) in [6.07, 6.45) is 5.47. The predicted octanol–water partition coefficient (Wildman–Crippen LogP) is 1.05. The summed E-state index contributed by atoms with van der Waals surface area (Å²) in [5, 5.41) is 3.23. The maximum atomic E-state index is 11.6. The van der Waals surface area contributed by atoms with E-state index in [1.165, 1.54) is 0 Å². The number of amides is 1. The van der Waals surface area contributed by atoms with Crippen molar-refractivity contribution in [3.63, 3.8) is 0 Å². The Labute approximate surface area is 131 Å². The number of guanidine groups is 1. The first-order valence-electron chi connectivity index (χ1n) is 7.67. The Kier molecular flexibility index (Phi) is 5.68. The molecule has 1 aliphatic rings. The molecule has 1 saturated heterocycles. The topological polar surface area (TPSA) is 84.9 Å². The third-order valence-electron chi connectivity index (χ3n) is 3.70. The van der Waals surface area contributed by atoms with E-state index in [2.05, 4.69) is 10.3 Å². The third-order valence-corrected chi connectivity index (χ3v) is 3.70. The SMILES string of the molecule is CCOC(=O)N1CCC(NC(N)=NCc2ccn(C)c2)CC1. The number of nitrogens with zero attached hydrogens (tertiary/aromatic N) is 3. The van der Waals surface area contributed by atoms with Crippen molar-refractivity contribution in [3.8, 4) is 0 Å². The molecule has 2 heterocycles. The van der Waals surface area contributed by atoms with Gasteiger partial charge in [0.25, 0.3) is 0 Å². The first-order valence-corrected chi connectivity index (χ1v) is 7.67. The lowest BCUT2D eigenvalue weighted by Gasteiger charge is -2.31. The van der Waals surface area contributed by atoms with Gasteiger partial charge < -0.3 is 25.3 Å². The highest BCUT2D eigenvalue weighted by Gasteiger charge is 2.23. The van der Waals surface area contributed by atoms with Crippen LogP contribution >= 0.6 is 0 Å². The summed E-state index contributed by atoms with van der Waals surface area (Å²) in [5.41, 5.74) is 7.06. The highest BCUT2D eigenvalue weighted by atomic mass is 16.6.